The highest BCUT2D eigenvalue weighted by Gasteiger charge is 2.19. The van der Waals surface area contributed by atoms with E-state index in [2.05, 4.69) is 31.2 Å². The molecule has 7 heteroatoms. The van der Waals surface area contributed by atoms with Gasteiger partial charge in [0, 0.05) is 30.6 Å². The van der Waals surface area contributed by atoms with Gasteiger partial charge in [0.05, 0.1) is 13.2 Å². The van der Waals surface area contributed by atoms with E-state index >= 15 is 0 Å². The highest BCUT2D eigenvalue weighted by Crippen LogP contribution is 2.22. The zero-order valence-electron chi connectivity index (χ0n) is 19.9. The fraction of sp³-hybridized carbons (Fsp3) is 0.538. The van der Waals surface area contributed by atoms with Crippen molar-refractivity contribution in [2.45, 2.75) is 64.9 Å². The molecule has 6 nitrogen and oxygen atoms in total. The summed E-state index contributed by atoms with van der Waals surface area (Å²) in [6, 6.07) is 12.1. The maximum absolute atomic E-state index is 11.8. The van der Waals surface area contributed by atoms with Gasteiger partial charge in [0.1, 0.15) is 11.5 Å². The third-order valence-corrected chi connectivity index (χ3v) is 6.40. The van der Waals surface area contributed by atoms with Crippen LogP contribution in [0.4, 0.5) is 5.69 Å². The number of rotatable bonds is 11. The van der Waals surface area contributed by atoms with Crippen molar-refractivity contribution in [3.05, 3.63) is 51.7 Å². The van der Waals surface area contributed by atoms with Crippen molar-refractivity contribution < 1.29 is 24.2 Å². The molecule has 0 unspecified atom stereocenters. The first-order valence-electron chi connectivity index (χ1n) is 11.8. The first-order chi connectivity index (χ1) is 16.1. The Kier molecular flexibility index (Phi) is 12.8. The molecule has 0 aliphatic carbocycles. The van der Waals surface area contributed by atoms with E-state index in [1.54, 1.807) is 13.2 Å². The third kappa shape index (κ3) is 9.66. The monoisotopic (exact) mass is 475 g/mol. The van der Waals surface area contributed by atoms with Crippen LogP contribution >= 0.6 is 11.3 Å². The second kappa shape index (κ2) is 15.6. The van der Waals surface area contributed by atoms with Gasteiger partial charge in [0.25, 0.3) is 0 Å². The third-order valence-electron chi connectivity index (χ3n) is 5.36. The van der Waals surface area contributed by atoms with Crippen LogP contribution in [0, 0.1) is 0 Å². The normalized spacial score (nSPS) is 13.4. The molecular formula is C26H37NO5S. The molecule has 1 aromatic carbocycles. The predicted molar refractivity (Wildman–Crippen MR) is 133 cm³/mol. The zero-order valence-corrected chi connectivity index (χ0v) is 20.7. The summed E-state index contributed by atoms with van der Waals surface area (Å²) in [6.07, 6.45) is 9.26. The highest BCUT2D eigenvalue weighted by molar-refractivity contribution is 7.13. The fourth-order valence-corrected chi connectivity index (χ4v) is 4.47. The van der Waals surface area contributed by atoms with Gasteiger partial charge in [-0.25, -0.2) is 4.79 Å². The Balaban J connectivity index is 0.000000245. The maximum Gasteiger partial charge on any atom is 0.348 e. The number of hydrogen-bond acceptors (Lipinski definition) is 6. The Labute approximate surface area is 201 Å². The van der Waals surface area contributed by atoms with E-state index < -0.39 is 5.97 Å². The van der Waals surface area contributed by atoms with Gasteiger partial charge in [0.15, 0.2) is 0 Å². The van der Waals surface area contributed by atoms with Crippen LogP contribution in [0.15, 0.2) is 36.4 Å². The largest absolute Gasteiger partial charge is 0.459 e. The lowest BCUT2D eigenvalue weighted by atomic mass is 10.0. The number of amides is 1. The molecule has 1 aromatic heterocycles. The fourth-order valence-electron chi connectivity index (χ4n) is 3.59. The first kappa shape index (κ1) is 27.0. The van der Waals surface area contributed by atoms with Crippen LogP contribution in [0.3, 0.4) is 0 Å². The van der Waals surface area contributed by atoms with Gasteiger partial charge in [-0.2, -0.15) is 0 Å². The average molecular weight is 476 g/mol. The Bertz CT molecular complexity index is 833. The number of anilines is 1. The van der Waals surface area contributed by atoms with Crippen LogP contribution in [0.1, 0.15) is 72.0 Å². The van der Waals surface area contributed by atoms with Gasteiger partial charge in [-0.3, -0.25) is 4.79 Å². The van der Waals surface area contributed by atoms with Crippen LogP contribution in [0.2, 0.25) is 0 Å². The number of aliphatic hydroxyl groups excluding tert-OH is 1. The highest BCUT2D eigenvalue weighted by atomic mass is 32.1. The SMILES string of the molecule is CCCCCCc1ccc(N2CCCCC2=O)cc1.COCc1ccc(C(=O)OCCO)s1. The Hall–Kier alpha value is -2.22. The lowest BCUT2D eigenvalue weighted by molar-refractivity contribution is -0.119. The van der Waals surface area contributed by atoms with Gasteiger partial charge in [-0.05, 0) is 55.5 Å². The number of carbonyl (C=O) groups excluding carboxylic acids is 2. The number of thiophene rings is 1. The van der Waals surface area contributed by atoms with Crippen molar-refractivity contribution in [3.63, 3.8) is 0 Å². The number of ether oxygens (including phenoxy) is 2. The number of methoxy groups -OCH3 is 1. The Morgan fingerprint density at radius 2 is 1.88 bits per heavy atom. The van der Waals surface area contributed by atoms with E-state index in [1.165, 1.54) is 42.6 Å². The van der Waals surface area contributed by atoms with E-state index in [1.807, 2.05) is 11.0 Å². The van der Waals surface area contributed by atoms with Crippen molar-refractivity contribution in [1.29, 1.82) is 0 Å². The molecule has 1 aliphatic heterocycles. The van der Waals surface area contributed by atoms with Crippen LogP contribution in [-0.4, -0.2) is 43.9 Å². The van der Waals surface area contributed by atoms with E-state index in [0.29, 0.717) is 17.9 Å². The summed E-state index contributed by atoms with van der Waals surface area (Å²) in [5.74, 6) is -0.117. The topological polar surface area (TPSA) is 76.1 Å². The number of carbonyl (C=O) groups is 2. The summed E-state index contributed by atoms with van der Waals surface area (Å²) >= 11 is 1.33. The molecule has 1 N–H and O–H groups in total. The Morgan fingerprint density at radius 3 is 2.55 bits per heavy atom. The van der Waals surface area contributed by atoms with Gasteiger partial charge < -0.3 is 19.5 Å². The van der Waals surface area contributed by atoms with Crippen molar-refractivity contribution in [3.8, 4) is 0 Å². The molecule has 1 aliphatic rings. The van der Waals surface area contributed by atoms with Crippen molar-refractivity contribution >= 4 is 28.9 Å². The molecule has 1 fully saturated rings. The number of hydrogen-bond donors (Lipinski definition) is 1. The summed E-state index contributed by atoms with van der Waals surface area (Å²) < 4.78 is 9.67. The molecule has 2 heterocycles. The molecule has 182 valence electrons. The summed E-state index contributed by atoms with van der Waals surface area (Å²) in [4.78, 5) is 26.6. The van der Waals surface area contributed by atoms with Gasteiger partial charge in [-0.1, -0.05) is 38.3 Å². The van der Waals surface area contributed by atoms with Crippen molar-refractivity contribution in [1.82, 2.24) is 0 Å². The van der Waals surface area contributed by atoms with E-state index in [9.17, 15) is 9.59 Å². The van der Waals surface area contributed by atoms with Gasteiger partial charge in [0.2, 0.25) is 5.91 Å². The molecule has 0 bridgehead atoms. The lowest BCUT2D eigenvalue weighted by Crippen LogP contribution is -2.35. The molecule has 0 saturated carbocycles. The maximum atomic E-state index is 11.8. The molecule has 0 radical (unpaired) electrons. The minimum absolute atomic E-state index is 0.0380. The predicted octanol–water partition coefficient (Wildman–Crippen LogP) is 5.37. The summed E-state index contributed by atoms with van der Waals surface area (Å²) in [6.45, 7) is 3.51. The number of esters is 1. The summed E-state index contributed by atoms with van der Waals surface area (Å²) in [5, 5.41) is 8.46. The number of aliphatic hydroxyl groups is 1. The lowest BCUT2D eigenvalue weighted by Gasteiger charge is -2.26. The minimum Gasteiger partial charge on any atom is -0.459 e. The standard InChI is InChI=1S/C17H25NO.C9H12O4S/c1-2-3-4-5-8-15-10-12-16(13-11-15)18-14-7-6-9-17(18)19;1-12-6-7-2-3-8(14-7)9(11)13-5-4-10/h10-13H,2-9,14H2,1H3;2-3,10H,4-6H2,1H3. The molecule has 1 amide bonds. The van der Waals surface area contributed by atoms with Crippen LogP contribution in [0.25, 0.3) is 0 Å². The average Bonchev–Trinajstić information content (AvgIpc) is 3.31. The molecule has 0 atom stereocenters. The molecule has 3 rings (SSSR count). The van der Waals surface area contributed by atoms with E-state index in [0.717, 1.165) is 36.4 Å². The second-order valence-corrected chi connectivity index (χ2v) is 9.21. The van der Waals surface area contributed by atoms with Crippen LogP contribution in [-0.2, 0) is 27.3 Å². The van der Waals surface area contributed by atoms with Gasteiger partial charge >= 0.3 is 5.97 Å². The smallest absolute Gasteiger partial charge is 0.348 e. The van der Waals surface area contributed by atoms with Crippen LogP contribution in [0.5, 0.6) is 0 Å². The number of piperidine rings is 1. The minimum atomic E-state index is -0.397. The molecule has 33 heavy (non-hydrogen) atoms. The zero-order chi connectivity index (χ0) is 23.9. The summed E-state index contributed by atoms with van der Waals surface area (Å²) in [7, 11) is 1.60. The number of benzene rings is 1. The molecule has 2 aromatic rings. The molecule has 0 spiro atoms. The van der Waals surface area contributed by atoms with E-state index in [-0.39, 0.29) is 19.1 Å². The first-order valence-corrected chi connectivity index (χ1v) is 12.7. The Morgan fingerprint density at radius 1 is 1.09 bits per heavy atom. The van der Waals surface area contributed by atoms with Gasteiger partial charge in [-0.15, -0.1) is 11.3 Å². The molecular weight excluding hydrogens is 438 g/mol. The number of nitrogens with zero attached hydrogens (tertiary/aromatic N) is 1. The summed E-state index contributed by atoms with van der Waals surface area (Å²) in [5.41, 5.74) is 2.46. The molecule has 1 saturated heterocycles. The van der Waals surface area contributed by atoms with Crippen molar-refractivity contribution in [2.24, 2.45) is 0 Å². The van der Waals surface area contributed by atoms with E-state index in [4.69, 9.17) is 14.6 Å². The quantitative estimate of drug-likeness (QED) is 0.349. The van der Waals surface area contributed by atoms with Crippen LogP contribution < -0.4 is 4.90 Å². The second-order valence-electron chi connectivity index (χ2n) is 8.04. The van der Waals surface area contributed by atoms with Crippen molar-refractivity contribution in [2.75, 3.05) is 31.8 Å². The number of aryl methyl sites for hydroxylation is 1. The number of unbranched alkanes of at least 4 members (excludes halogenated alkanes) is 3.